The number of hydrogen-bond donors (Lipinski definition) is 2. The zero-order valence-electron chi connectivity index (χ0n) is 20.4. The maximum Gasteiger partial charge on any atom is 0.263 e. The van der Waals surface area contributed by atoms with Crippen molar-refractivity contribution in [2.24, 2.45) is 0 Å². The number of benzene rings is 2. The second kappa shape index (κ2) is 9.90. The summed E-state index contributed by atoms with van der Waals surface area (Å²) >= 11 is 6.13. The molecule has 0 unspecified atom stereocenters. The summed E-state index contributed by atoms with van der Waals surface area (Å²) in [7, 11) is 0. The van der Waals surface area contributed by atoms with Crippen LogP contribution in [0.4, 0.5) is 5.82 Å². The lowest BCUT2D eigenvalue weighted by molar-refractivity contribution is -0.118. The Kier molecular flexibility index (Phi) is 6.49. The number of carbonyl (C=O) groups excluding carboxylic acids is 1. The Morgan fingerprint density at radius 1 is 1.14 bits per heavy atom. The number of hydrogen-bond acceptors (Lipinski definition) is 6. The molecule has 0 saturated carbocycles. The highest BCUT2D eigenvalue weighted by atomic mass is 35.5. The van der Waals surface area contributed by atoms with E-state index in [-0.39, 0.29) is 18.5 Å². The van der Waals surface area contributed by atoms with Gasteiger partial charge in [-0.1, -0.05) is 43.6 Å². The van der Waals surface area contributed by atoms with Gasteiger partial charge in [0.05, 0.1) is 17.6 Å². The minimum atomic E-state index is -0.396. The molecular weight excluding hydrogens is 494 g/mol. The van der Waals surface area contributed by atoms with Gasteiger partial charge in [0.25, 0.3) is 11.5 Å². The van der Waals surface area contributed by atoms with Gasteiger partial charge >= 0.3 is 0 Å². The molecule has 11 heteroatoms. The molecule has 1 amide bonds. The molecule has 0 atom stereocenters. The molecular formula is C26H24ClN7O3. The zero-order valence-corrected chi connectivity index (χ0v) is 21.2. The third kappa shape index (κ3) is 5.10. The maximum atomic E-state index is 12.8. The smallest absolute Gasteiger partial charge is 0.263 e. The van der Waals surface area contributed by atoms with Crippen molar-refractivity contribution in [3.63, 3.8) is 0 Å². The molecule has 5 aromatic rings. The molecule has 2 N–H and O–H groups in total. The Bertz CT molecular complexity index is 1650. The quantitative estimate of drug-likeness (QED) is 0.330. The predicted molar refractivity (Wildman–Crippen MR) is 141 cm³/mol. The minimum Gasteiger partial charge on any atom is -0.484 e. The van der Waals surface area contributed by atoms with Gasteiger partial charge in [0, 0.05) is 11.1 Å². The summed E-state index contributed by atoms with van der Waals surface area (Å²) in [6.45, 7) is 5.79. The van der Waals surface area contributed by atoms with Crippen LogP contribution in [-0.4, -0.2) is 42.0 Å². The highest BCUT2D eigenvalue weighted by molar-refractivity contribution is 6.30. The molecule has 0 saturated heterocycles. The van der Waals surface area contributed by atoms with Crippen LogP contribution in [0.15, 0.2) is 65.6 Å². The van der Waals surface area contributed by atoms with Gasteiger partial charge < -0.3 is 10.1 Å². The fourth-order valence-corrected chi connectivity index (χ4v) is 4.02. The van der Waals surface area contributed by atoms with Crippen molar-refractivity contribution >= 4 is 34.4 Å². The van der Waals surface area contributed by atoms with Crippen molar-refractivity contribution in [1.82, 2.24) is 29.5 Å². The van der Waals surface area contributed by atoms with Crippen LogP contribution in [0.5, 0.6) is 5.75 Å². The number of carbonyl (C=O) groups is 1. The molecule has 0 spiro atoms. The maximum absolute atomic E-state index is 12.8. The Hall–Kier alpha value is -4.44. The molecule has 5 rings (SSSR count). The topological polar surface area (TPSA) is 120 Å². The van der Waals surface area contributed by atoms with Crippen LogP contribution in [0.3, 0.4) is 0 Å². The molecule has 0 radical (unpaired) electrons. The molecule has 188 valence electrons. The van der Waals surface area contributed by atoms with E-state index in [2.05, 4.69) is 39.3 Å². The molecule has 37 heavy (non-hydrogen) atoms. The largest absolute Gasteiger partial charge is 0.484 e. The van der Waals surface area contributed by atoms with E-state index in [9.17, 15) is 9.59 Å². The van der Waals surface area contributed by atoms with E-state index >= 15 is 0 Å². The number of nitrogens with one attached hydrogen (secondary N) is 2. The number of amides is 1. The molecule has 0 aliphatic rings. The molecule has 3 heterocycles. The summed E-state index contributed by atoms with van der Waals surface area (Å²) in [6, 6.07) is 16.4. The van der Waals surface area contributed by atoms with E-state index in [1.54, 1.807) is 37.3 Å². The number of halogens is 1. The van der Waals surface area contributed by atoms with Crippen LogP contribution in [0, 0.1) is 6.92 Å². The van der Waals surface area contributed by atoms with Crippen LogP contribution in [-0.2, 0) is 4.79 Å². The summed E-state index contributed by atoms with van der Waals surface area (Å²) in [5, 5.41) is 12.3. The number of H-pyrrole nitrogens is 1. The molecule has 10 nitrogen and oxygen atoms in total. The van der Waals surface area contributed by atoms with Gasteiger partial charge in [-0.2, -0.15) is 19.9 Å². The minimum absolute atomic E-state index is 0.120. The molecule has 3 aromatic heterocycles. The van der Waals surface area contributed by atoms with Crippen molar-refractivity contribution in [2.75, 3.05) is 11.9 Å². The second-order valence-corrected chi connectivity index (χ2v) is 9.24. The summed E-state index contributed by atoms with van der Waals surface area (Å²) < 4.78 is 8.51. The highest BCUT2D eigenvalue weighted by Gasteiger charge is 2.17. The normalized spacial score (nSPS) is 11.3. The standard InChI is InChI=1S/C26H24ClN7O3/c1-15(2)17-7-9-20(10-8-17)37-14-23(35)29-22-11-16(3)32-34(22)26-30-24-21(25(36)31-26)13-28-33(24)19-6-4-5-18(27)12-19/h4-13,15H,14H2,1-3H3,(H,29,35)(H,30,31,36). The highest BCUT2D eigenvalue weighted by Crippen LogP contribution is 2.21. The Morgan fingerprint density at radius 3 is 2.65 bits per heavy atom. The zero-order chi connectivity index (χ0) is 26.1. The van der Waals surface area contributed by atoms with Crippen LogP contribution >= 0.6 is 11.6 Å². The summed E-state index contributed by atoms with van der Waals surface area (Å²) in [4.78, 5) is 32.8. The number of aryl methyl sites for hydroxylation is 1. The third-order valence-corrected chi connectivity index (χ3v) is 5.93. The molecule has 0 bridgehead atoms. The van der Waals surface area contributed by atoms with Gasteiger partial charge in [0.15, 0.2) is 12.3 Å². The number of anilines is 1. The van der Waals surface area contributed by atoms with E-state index in [4.69, 9.17) is 16.3 Å². The van der Waals surface area contributed by atoms with Crippen molar-refractivity contribution in [3.8, 4) is 17.4 Å². The molecule has 0 fully saturated rings. The number of fused-ring (bicyclic) bond motifs is 1. The van der Waals surface area contributed by atoms with Gasteiger partial charge in [-0.25, -0.2) is 4.68 Å². The lowest BCUT2D eigenvalue weighted by Crippen LogP contribution is -2.23. The average Bonchev–Trinajstić information content (AvgIpc) is 3.46. The Morgan fingerprint density at radius 2 is 1.92 bits per heavy atom. The van der Waals surface area contributed by atoms with Crippen molar-refractivity contribution in [1.29, 1.82) is 0 Å². The summed E-state index contributed by atoms with van der Waals surface area (Å²) in [6.07, 6.45) is 1.44. The number of ether oxygens (including phenoxy) is 1. The predicted octanol–water partition coefficient (Wildman–Crippen LogP) is 4.40. The Labute approximate surface area is 216 Å². The fourth-order valence-electron chi connectivity index (χ4n) is 3.83. The summed E-state index contributed by atoms with van der Waals surface area (Å²) in [5.74, 6) is 1.06. The summed E-state index contributed by atoms with van der Waals surface area (Å²) in [5.41, 5.74) is 2.37. The van der Waals surface area contributed by atoms with Crippen LogP contribution < -0.4 is 15.6 Å². The van der Waals surface area contributed by atoms with E-state index < -0.39 is 5.56 Å². The first-order valence-electron chi connectivity index (χ1n) is 11.6. The van der Waals surface area contributed by atoms with E-state index in [0.717, 1.165) is 0 Å². The van der Waals surface area contributed by atoms with Crippen molar-refractivity contribution < 1.29 is 9.53 Å². The van der Waals surface area contributed by atoms with Crippen LogP contribution in [0.25, 0.3) is 22.7 Å². The number of aromatic amines is 1. The van der Waals surface area contributed by atoms with Crippen LogP contribution in [0.1, 0.15) is 31.0 Å². The Balaban J connectivity index is 1.40. The third-order valence-electron chi connectivity index (χ3n) is 5.69. The van der Waals surface area contributed by atoms with Gasteiger partial charge in [-0.05, 0) is 48.7 Å². The van der Waals surface area contributed by atoms with Gasteiger partial charge in [-0.15, -0.1) is 0 Å². The van der Waals surface area contributed by atoms with Gasteiger partial charge in [0.2, 0.25) is 5.95 Å². The lowest BCUT2D eigenvalue weighted by atomic mass is 10.0. The van der Waals surface area contributed by atoms with Gasteiger partial charge in [-0.3, -0.25) is 14.6 Å². The van der Waals surface area contributed by atoms with E-state index in [1.807, 2.05) is 24.3 Å². The SMILES string of the molecule is Cc1cc(NC(=O)COc2ccc(C(C)C)cc2)n(-c2nc3c(cnn3-c3cccc(Cl)c3)c(=O)[nH]2)n1. The number of nitrogens with zero attached hydrogens (tertiary/aromatic N) is 5. The molecule has 0 aliphatic carbocycles. The van der Waals surface area contributed by atoms with Gasteiger partial charge in [0.1, 0.15) is 17.0 Å². The first kappa shape index (κ1) is 24.3. The average molecular weight is 518 g/mol. The van der Waals surface area contributed by atoms with Crippen LogP contribution in [0.2, 0.25) is 5.02 Å². The fraction of sp³-hybridized carbons (Fsp3) is 0.192. The van der Waals surface area contributed by atoms with E-state index in [1.165, 1.54) is 21.1 Å². The second-order valence-electron chi connectivity index (χ2n) is 8.81. The van der Waals surface area contributed by atoms with E-state index in [0.29, 0.717) is 44.9 Å². The molecule has 2 aromatic carbocycles. The first-order chi connectivity index (χ1) is 17.8. The lowest BCUT2D eigenvalue weighted by Gasteiger charge is -2.11. The first-order valence-corrected chi connectivity index (χ1v) is 12.0. The molecule has 0 aliphatic heterocycles. The van der Waals surface area contributed by atoms with Crippen molar-refractivity contribution in [2.45, 2.75) is 26.7 Å². The number of aromatic nitrogens is 6. The number of rotatable bonds is 7. The monoisotopic (exact) mass is 517 g/mol. The van der Waals surface area contributed by atoms with Crippen molar-refractivity contribution in [3.05, 3.63) is 87.4 Å².